The van der Waals surface area contributed by atoms with Crippen molar-refractivity contribution >= 4 is 37.5 Å². The van der Waals surface area contributed by atoms with E-state index in [4.69, 9.17) is 5.73 Å². The molecule has 3 nitrogen and oxygen atoms in total. The predicted octanol–water partition coefficient (Wildman–Crippen LogP) is 3.00. The molecule has 2 N–H and O–H groups in total. The number of pyridine rings is 1. The molecule has 5 heteroatoms. The van der Waals surface area contributed by atoms with Crippen LogP contribution in [-0.4, -0.2) is 4.57 Å². The van der Waals surface area contributed by atoms with E-state index < -0.39 is 0 Å². The summed E-state index contributed by atoms with van der Waals surface area (Å²) in [6, 6.07) is 8.94. The molecule has 2 rings (SSSR count). The average Bonchev–Trinajstić information content (AvgIpc) is 2.29. The Hall–Kier alpha value is -1.07. The van der Waals surface area contributed by atoms with Gasteiger partial charge in [0.2, 0.25) is 0 Å². The van der Waals surface area contributed by atoms with Crippen LogP contribution in [0.15, 0.2) is 50.3 Å². The number of hydrogen-bond acceptors (Lipinski definition) is 2. The summed E-state index contributed by atoms with van der Waals surface area (Å²) in [4.78, 5) is 11.6. The zero-order chi connectivity index (χ0) is 12.4. The first kappa shape index (κ1) is 12.4. The molecular formula is C12H10Br2N2O. The van der Waals surface area contributed by atoms with E-state index >= 15 is 0 Å². The minimum Gasteiger partial charge on any atom is -0.398 e. The van der Waals surface area contributed by atoms with Gasteiger partial charge in [0.25, 0.3) is 5.56 Å². The molecule has 0 radical (unpaired) electrons. The summed E-state index contributed by atoms with van der Waals surface area (Å²) in [7, 11) is 0. The van der Waals surface area contributed by atoms with Crippen molar-refractivity contribution in [2.45, 2.75) is 6.54 Å². The van der Waals surface area contributed by atoms with Crippen LogP contribution in [0.4, 0.5) is 5.69 Å². The molecular weight excluding hydrogens is 348 g/mol. The highest BCUT2D eigenvalue weighted by Gasteiger charge is 2.01. The maximum absolute atomic E-state index is 11.6. The number of nitrogens with two attached hydrogens (primary N) is 1. The van der Waals surface area contributed by atoms with Gasteiger partial charge in [0.05, 0.1) is 6.54 Å². The van der Waals surface area contributed by atoms with E-state index in [-0.39, 0.29) is 5.56 Å². The van der Waals surface area contributed by atoms with Gasteiger partial charge in [-0.2, -0.15) is 0 Å². The van der Waals surface area contributed by atoms with Gasteiger partial charge >= 0.3 is 0 Å². The van der Waals surface area contributed by atoms with Gasteiger partial charge in [0.15, 0.2) is 0 Å². The van der Waals surface area contributed by atoms with E-state index in [9.17, 15) is 4.79 Å². The van der Waals surface area contributed by atoms with Crippen molar-refractivity contribution in [3.05, 3.63) is 61.4 Å². The van der Waals surface area contributed by atoms with Gasteiger partial charge in [-0.3, -0.25) is 4.79 Å². The first-order valence-electron chi connectivity index (χ1n) is 4.96. The first-order valence-corrected chi connectivity index (χ1v) is 6.55. The number of nitrogens with zero attached hydrogens (tertiary/aromatic N) is 1. The lowest BCUT2D eigenvalue weighted by Crippen LogP contribution is -2.18. The van der Waals surface area contributed by atoms with Crippen LogP contribution in [0.2, 0.25) is 0 Å². The lowest BCUT2D eigenvalue weighted by Gasteiger charge is -2.07. The summed E-state index contributed by atoms with van der Waals surface area (Å²) in [6.07, 6.45) is 1.76. The Kier molecular flexibility index (Phi) is 3.69. The Morgan fingerprint density at radius 1 is 1.18 bits per heavy atom. The molecule has 0 aliphatic rings. The van der Waals surface area contributed by atoms with Crippen LogP contribution in [0.5, 0.6) is 0 Å². The number of anilines is 1. The van der Waals surface area contributed by atoms with E-state index in [1.807, 2.05) is 18.2 Å². The number of rotatable bonds is 2. The monoisotopic (exact) mass is 356 g/mol. The number of aromatic nitrogens is 1. The van der Waals surface area contributed by atoms with E-state index in [1.54, 1.807) is 16.8 Å². The molecule has 1 aromatic heterocycles. The van der Waals surface area contributed by atoms with Crippen LogP contribution in [0, 0.1) is 0 Å². The molecule has 0 spiro atoms. The second-order valence-corrected chi connectivity index (χ2v) is 5.44. The van der Waals surface area contributed by atoms with Gasteiger partial charge in [-0.25, -0.2) is 0 Å². The molecule has 0 atom stereocenters. The van der Waals surface area contributed by atoms with Crippen LogP contribution in [-0.2, 0) is 6.54 Å². The maximum Gasteiger partial charge on any atom is 0.250 e. The fourth-order valence-corrected chi connectivity index (χ4v) is 2.14. The highest BCUT2D eigenvalue weighted by molar-refractivity contribution is 9.10. The van der Waals surface area contributed by atoms with Crippen molar-refractivity contribution in [1.29, 1.82) is 0 Å². The fraction of sp³-hybridized carbons (Fsp3) is 0.0833. The van der Waals surface area contributed by atoms with E-state index in [0.717, 1.165) is 14.5 Å². The summed E-state index contributed by atoms with van der Waals surface area (Å²) >= 11 is 6.68. The smallest absolute Gasteiger partial charge is 0.250 e. The highest BCUT2D eigenvalue weighted by atomic mass is 79.9. The Labute approximate surface area is 116 Å². The van der Waals surface area contributed by atoms with Gasteiger partial charge in [-0.05, 0) is 55.6 Å². The molecule has 0 saturated carbocycles. The Balaban J connectivity index is 2.34. The molecule has 0 aliphatic heterocycles. The maximum atomic E-state index is 11.6. The summed E-state index contributed by atoms with van der Waals surface area (Å²) in [6.45, 7) is 0.510. The topological polar surface area (TPSA) is 48.0 Å². The Bertz CT molecular complexity index is 608. The van der Waals surface area contributed by atoms with Crippen LogP contribution in [0.3, 0.4) is 0 Å². The van der Waals surface area contributed by atoms with E-state index in [1.165, 1.54) is 6.07 Å². The molecule has 88 valence electrons. The number of benzene rings is 1. The first-order chi connectivity index (χ1) is 8.06. The lowest BCUT2D eigenvalue weighted by atomic mass is 10.2. The number of halogens is 2. The zero-order valence-electron chi connectivity index (χ0n) is 8.86. The lowest BCUT2D eigenvalue weighted by molar-refractivity contribution is 0.756. The van der Waals surface area contributed by atoms with Gasteiger partial charge in [-0.15, -0.1) is 0 Å². The second kappa shape index (κ2) is 5.06. The number of hydrogen-bond donors (Lipinski definition) is 1. The van der Waals surface area contributed by atoms with Crippen molar-refractivity contribution in [3.8, 4) is 0 Å². The molecule has 0 amide bonds. The third kappa shape index (κ3) is 2.98. The molecule has 2 aromatic rings. The van der Waals surface area contributed by atoms with E-state index in [2.05, 4.69) is 31.9 Å². The molecule has 0 saturated heterocycles. The van der Waals surface area contributed by atoms with E-state index in [0.29, 0.717) is 12.2 Å². The van der Waals surface area contributed by atoms with Gasteiger partial charge < -0.3 is 10.3 Å². The number of nitrogen functional groups attached to an aromatic ring is 1. The van der Waals surface area contributed by atoms with Crippen LogP contribution < -0.4 is 11.3 Å². The SMILES string of the molecule is Nc1cc(Cn2cc(Br)ccc2=O)ccc1Br. The standard InChI is InChI=1S/C12H10Br2N2O/c13-9-2-4-12(17)16(7-9)6-8-1-3-10(14)11(15)5-8/h1-5,7H,6,15H2. The molecule has 0 bridgehead atoms. The largest absolute Gasteiger partial charge is 0.398 e. The third-order valence-corrected chi connectivity index (χ3v) is 3.55. The van der Waals surface area contributed by atoms with Crippen molar-refractivity contribution in [3.63, 3.8) is 0 Å². The summed E-state index contributed by atoms with van der Waals surface area (Å²) < 4.78 is 3.37. The van der Waals surface area contributed by atoms with Gasteiger partial charge in [0.1, 0.15) is 0 Å². The Morgan fingerprint density at radius 2 is 1.94 bits per heavy atom. The van der Waals surface area contributed by atoms with Crippen LogP contribution in [0.1, 0.15) is 5.56 Å². The van der Waals surface area contributed by atoms with Gasteiger partial charge in [-0.1, -0.05) is 6.07 Å². The summed E-state index contributed by atoms with van der Waals surface area (Å²) in [5.41, 5.74) is 7.43. The molecule has 0 unspecified atom stereocenters. The molecule has 17 heavy (non-hydrogen) atoms. The van der Waals surface area contributed by atoms with Gasteiger partial charge in [0, 0.05) is 26.9 Å². The van der Waals surface area contributed by atoms with Crippen molar-refractivity contribution < 1.29 is 0 Å². The average molecular weight is 358 g/mol. The fourth-order valence-electron chi connectivity index (χ4n) is 1.51. The summed E-state index contributed by atoms with van der Waals surface area (Å²) in [5, 5.41) is 0. The predicted molar refractivity (Wildman–Crippen MR) is 76.1 cm³/mol. The van der Waals surface area contributed by atoms with Crippen molar-refractivity contribution in [1.82, 2.24) is 4.57 Å². The van der Waals surface area contributed by atoms with Crippen molar-refractivity contribution in [2.24, 2.45) is 0 Å². The minimum absolute atomic E-state index is 0.0327. The molecule has 1 heterocycles. The second-order valence-electron chi connectivity index (χ2n) is 3.67. The van der Waals surface area contributed by atoms with Crippen LogP contribution in [0.25, 0.3) is 0 Å². The van der Waals surface area contributed by atoms with Crippen molar-refractivity contribution in [2.75, 3.05) is 5.73 Å². The molecule has 1 aromatic carbocycles. The Morgan fingerprint density at radius 3 is 2.65 bits per heavy atom. The third-order valence-electron chi connectivity index (χ3n) is 2.36. The minimum atomic E-state index is -0.0327. The quantitative estimate of drug-likeness (QED) is 0.840. The van der Waals surface area contributed by atoms with Crippen LogP contribution >= 0.6 is 31.9 Å². The molecule has 0 aliphatic carbocycles. The highest BCUT2D eigenvalue weighted by Crippen LogP contribution is 2.20. The summed E-state index contributed by atoms with van der Waals surface area (Å²) in [5.74, 6) is 0. The molecule has 0 fully saturated rings. The zero-order valence-corrected chi connectivity index (χ0v) is 12.0. The normalized spacial score (nSPS) is 10.5.